The van der Waals surface area contributed by atoms with E-state index in [1.807, 2.05) is 0 Å². The maximum atomic E-state index is 12.0. The summed E-state index contributed by atoms with van der Waals surface area (Å²) in [6.45, 7) is 1.80. The normalized spacial score (nSPS) is 16.9. The van der Waals surface area contributed by atoms with Crippen molar-refractivity contribution in [3.05, 3.63) is 34.4 Å². The third-order valence-electron chi connectivity index (χ3n) is 3.49. The lowest BCUT2D eigenvalue weighted by Crippen LogP contribution is -2.55. The van der Waals surface area contributed by atoms with Gasteiger partial charge in [0.1, 0.15) is 6.61 Å². The van der Waals surface area contributed by atoms with Crippen LogP contribution in [0.4, 0.5) is 5.69 Å². The fourth-order valence-electron chi connectivity index (χ4n) is 2.13. The number of hydrogen-bond donors (Lipinski definition) is 1. The van der Waals surface area contributed by atoms with Crippen LogP contribution in [0.15, 0.2) is 24.3 Å². The average Bonchev–Trinajstić information content (AvgIpc) is 3.30. The zero-order valence-electron chi connectivity index (χ0n) is 11.8. The van der Waals surface area contributed by atoms with Gasteiger partial charge in [0.25, 0.3) is 0 Å². The molecule has 1 atom stereocenters. The van der Waals surface area contributed by atoms with Crippen LogP contribution in [0, 0.1) is 16.0 Å². The zero-order chi connectivity index (χ0) is 15.5. The van der Waals surface area contributed by atoms with Crippen LogP contribution < -0.4 is 10.5 Å². The molecule has 1 aromatic rings. The highest BCUT2D eigenvalue weighted by Crippen LogP contribution is 2.40. The topological polar surface area (TPSA) is 105 Å². The standard InChI is InChI=1S/C14H18N2O5/c1-2-20-13(17)14(15,10-7-8-10)9-21-12-6-4-3-5-11(12)16(18)19/h3-6,10H,2,7-9,15H2,1H3. The van der Waals surface area contributed by atoms with Gasteiger partial charge in [0.2, 0.25) is 0 Å². The van der Waals surface area contributed by atoms with Crippen LogP contribution in [-0.2, 0) is 9.53 Å². The molecular weight excluding hydrogens is 276 g/mol. The molecule has 0 saturated heterocycles. The van der Waals surface area contributed by atoms with E-state index in [1.54, 1.807) is 19.1 Å². The third-order valence-corrected chi connectivity index (χ3v) is 3.49. The molecule has 1 aliphatic rings. The molecule has 0 aromatic heterocycles. The van der Waals surface area contributed by atoms with Gasteiger partial charge in [0, 0.05) is 6.07 Å². The summed E-state index contributed by atoms with van der Waals surface area (Å²) in [4.78, 5) is 22.4. The van der Waals surface area contributed by atoms with Crippen LogP contribution >= 0.6 is 0 Å². The molecular formula is C14H18N2O5. The maximum Gasteiger partial charge on any atom is 0.329 e. The molecule has 1 aromatic carbocycles. The number of carbonyl (C=O) groups is 1. The van der Waals surface area contributed by atoms with E-state index in [0.717, 1.165) is 12.8 Å². The van der Waals surface area contributed by atoms with Gasteiger partial charge < -0.3 is 15.2 Å². The lowest BCUT2D eigenvalue weighted by atomic mass is 9.96. The van der Waals surface area contributed by atoms with Gasteiger partial charge >= 0.3 is 11.7 Å². The molecule has 0 heterocycles. The fourth-order valence-corrected chi connectivity index (χ4v) is 2.13. The Morgan fingerprint density at radius 2 is 2.14 bits per heavy atom. The van der Waals surface area contributed by atoms with Gasteiger partial charge in [-0.3, -0.25) is 10.1 Å². The first-order valence-electron chi connectivity index (χ1n) is 6.81. The van der Waals surface area contributed by atoms with Crippen molar-refractivity contribution in [1.29, 1.82) is 0 Å². The van der Waals surface area contributed by atoms with Gasteiger partial charge in [0.05, 0.1) is 11.5 Å². The number of esters is 1. The number of ether oxygens (including phenoxy) is 2. The SMILES string of the molecule is CCOC(=O)C(N)(COc1ccccc1[N+](=O)[O-])C1CC1. The average molecular weight is 294 g/mol. The van der Waals surface area contributed by atoms with Gasteiger partial charge in [-0.1, -0.05) is 12.1 Å². The van der Waals surface area contributed by atoms with Crippen molar-refractivity contribution in [1.82, 2.24) is 0 Å². The number of benzene rings is 1. The first-order valence-corrected chi connectivity index (χ1v) is 6.81. The Kier molecular flexibility index (Phi) is 4.42. The Morgan fingerprint density at radius 1 is 1.48 bits per heavy atom. The van der Waals surface area contributed by atoms with Crippen molar-refractivity contribution in [3.63, 3.8) is 0 Å². The Balaban J connectivity index is 2.13. The lowest BCUT2D eigenvalue weighted by Gasteiger charge is -2.26. The first kappa shape index (κ1) is 15.2. The Bertz CT molecular complexity index is 544. The fraction of sp³-hybridized carbons (Fsp3) is 0.500. The first-order chi connectivity index (χ1) is 9.99. The Hall–Kier alpha value is -2.15. The second-order valence-corrected chi connectivity index (χ2v) is 5.05. The van der Waals surface area contributed by atoms with Gasteiger partial charge in [-0.05, 0) is 31.7 Å². The number of nitro benzene ring substituents is 1. The monoisotopic (exact) mass is 294 g/mol. The predicted molar refractivity (Wildman–Crippen MR) is 74.9 cm³/mol. The van der Waals surface area contributed by atoms with Gasteiger partial charge in [0.15, 0.2) is 11.3 Å². The van der Waals surface area contributed by atoms with Crippen LogP contribution in [0.2, 0.25) is 0 Å². The number of hydrogen-bond acceptors (Lipinski definition) is 6. The van der Waals surface area contributed by atoms with Crippen molar-refractivity contribution < 1.29 is 19.2 Å². The minimum absolute atomic E-state index is 0.000631. The molecule has 0 amide bonds. The molecule has 1 aliphatic carbocycles. The zero-order valence-corrected chi connectivity index (χ0v) is 11.8. The predicted octanol–water partition coefficient (Wildman–Crippen LogP) is 1.64. The molecule has 1 fully saturated rings. The van der Waals surface area contributed by atoms with Crippen molar-refractivity contribution in [2.24, 2.45) is 11.7 Å². The summed E-state index contributed by atoms with van der Waals surface area (Å²) in [5.41, 5.74) is 4.73. The van der Waals surface area contributed by atoms with Crippen molar-refractivity contribution in [2.75, 3.05) is 13.2 Å². The van der Waals surface area contributed by atoms with Gasteiger partial charge in [-0.25, -0.2) is 4.79 Å². The molecule has 114 valence electrons. The van der Waals surface area contributed by atoms with E-state index in [4.69, 9.17) is 15.2 Å². The van der Waals surface area contributed by atoms with Crippen LogP contribution in [0.5, 0.6) is 5.75 Å². The smallest absolute Gasteiger partial charge is 0.329 e. The van der Waals surface area contributed by atoms with E-state index in [0.29, 0.717) is 0 Å². The molecule has 1 saturated carbocycles. The van der Waals surface area contributed by atoms with Gasteiger partial charge in [-0.15, -0.1) is 0 Å². The van der Waals surface area contributed by atoms with E-state index in [2.05, 4.69) is 0 Å². The second kappa shape index (κ2) is 6.09. The van der Waals surface area contributed by atoms with Gasteiger partial charge in [-0.2, -0.15) is 0 Å². The molecule has 2 N–H and O–H groups in total. The largest absolute Gasteiger partial charge is 0.484 e. The molecule has 1 unspecified atom stereocenters. The minimum Gasteiger partial charge on any atom is -0.484 e. The highest BCUT2D eigenvalue weighted by molar-refractivity contribution is 5.81. The molecule has 0 radical (unpaired) electrons. The summed E-state index contributed by atoms with van der Waals surface area (Å²) in [6, 6.07) is 6.00. The van der Waals surface area contributed by atoms with E-state index < -0.39 is 16.4 Å². The second-order valence-electron chi connectivity index (χ2n) is 5.05. The van der Waals surface area contributed by atoms with Crippen molar-refractivity contribution >= 4 is 11.7 Å². The van der Waals surface area contributed by atoms with Crippen LogP contribution in [0.1, 0.15) is 19.8 Å². The number of carbonyl (C=O) groups excluding carboxylic acids is 1. The van der Waals surface area contributed by atoms with E-state index in [-0.39, 0.29) is 30.6 Å². The Labute approximate surface area is 122 Å². The molecule has 0 spiro atoms. The van der Waals surface area contributed by atoms with E-state index in [9.17, 15) is 14.9 Å². The molecule has 2 rings (SSSR count). The van der Waals surface area contributed by atoms with Crippen molar-refractivity contribution in [2.45, 2.75) is 25.3 Å². The van der Waals surface area contributed by atoms with Crippen molar-refractivity contribution in [3.8, 4) is 5.75 Å². The number of nitrogens with two attached hydrogens (primary N) is 1. The van der Waals surface area contributed by atoms with Crippen LogP contribution in [0.25, 0.3) is 0 Å². The summed E-state index contributed by atoms with van der Waals surface area (Å²) in [5.74, 6) is -0.423. The molecule has 7 nitrogen and oxygen atoms in total. The van der Waals surface area contributed by atoms with Crippen LogP contribution in [0.3, 0.4) is 0 Å². The number of rotatable bonds is 7. The van der Waals surface area contributed by atoms with E-state index in [1.165, 1.54) is 12.1 Å². The minimum atomic E-state index is -1.25. The molecule has 7 heteroatoms. The lowest BCUT2D eigenvalue weighted by molar-refractivity contribution is -0.385. The highest BCUT2D eigenvalue weighted by Gasteiger charge is 2.50. The van der Waals surface area contributed by atoms with Crippen LogP contribution in [-0.4, -0.2) is 29.6 Å². The number of nitrogens with zero attached hydrogens (tertiary/aromatic N) is 1. The quantitative estimate of drug-likeness (QED) is 0.465. The van der Waals surface area contributed by atoms with E-state index >= 15 is 0 Å². The summed E-state index contributed by atoms with van der Waals surface area (Å²) in [5, 5.41) is 10.9. The summed E-state index contributed by atoms with van der Waals surface area (Å²) in [7, 11) is 0. The number of para-hydroxylation sites is 2. The summed E-state index contributed by atoms with van der Waals surface area (Å²) >= 11 is 0. The summed E-state index contributed by atoms with van der Waals surface area (Å²) < 4.78 is 10.5. The Morgan fingerprint density at radius 3 is 2.71 bits per heavy atom. The highest BCUT2D eigenvalue weighted by atomic mass is 16.6. The number of nitro groups is 1. The maximum absolute atomic E-state index is 12.0. The molecule has 0 aliphatic heterocycles. The molecule has 21 heavy (non-hydrogen) atoms. The summed E-state index contributed by atoms with van der Waals surface area (Å²) in [6.07, 6.45) is 1.66. The molecule has 0 bridgehead atoms. The third kappa shape index (κ3) is 3.30.